The van der Waals surface area contributed by atoms with Crippen molar-refractivity contribution in [3.05, 3.63) is 23.5 Å². The van der Waals surface area contributed by atoms with Gasteiger partial charge < -0.3 is 14.0 Å². The third-order valence-corrected chi connectivity index (χ3v) is 3.21. The van der Waals surface area contributed by atoms with Crippen LogP contribution in [0.5, 0.6) is 0 Å². The van der Waals surface area contributed by atoms with Gasteiger partial charge in [0.1, 0.15) is 5.69 Å². The van der Waals surface area contributed by atoms with Crippen molar-refractivity contribution in [3.8, 4) is 0 Å². The summed E-state index contributed by atoms with van der Waals surface area (Å²) in [6.07, 6.45) is 1.62. The van der Waals surface area contributed by atoms with E-state index in [4.69, 9.17) is 9.47 Å². The molecule has 1 aliphatic heterocycles. The largest absolute Gasteiger partial charge is 0.465 e. The van der Waals surface area contributed by atoms with Crippen LogP contribution < -0.4 is 0 Å². The topological polar surface area (TPSA) is 57.5 Å². The van der Waals surface area contributed by atoms with Crippen molar-refractivity contribution in [2.75, 3.05) is 13.7 Å². The fourth-order valence-corrected chi connectivity index (χ4v) is 2.40. The van der Waals surface area contributed by atoms with Gasteiger partial charge in [-0.1, -0.05) is 0 Å². The maximum Gasteiger partial charge on any atom is 0.354 e. The minimum Gasteiger partial charge on any atom is -0.465 e. The minimum absolute atomic E-state index is 0.215. The van der Waals surface area contributed by atoms with Crippen LogP contribution in [0.15, 0.2) is 12.1 Å². The molecular weight excluding hydrogens is 234 g/mol. The molecule has 1 aromatic heterocycles. The van der Waals surface area contributed by atoms with Gasteiger partial charge in [0.25, 0.3) is 0 Å². The van der Waals surface area contributed by atoms with Crippen LogP contribution in [0.2, 0.25) is 0 Å². The highest BCUT2D eigenvalue weighted by atomic mass is 16.5. The van der Waals surface area contributed by atoms with E-state index in [1.807, 2.05) is 10.6 Å². The van der Waals surface area contributed by atoms with Gasteiger partial charge >= 0.3 is 11.9 Å². The molecule has 5 heteroatoms. The molecule has 2 heterocycles. The number of carbonyl (C=O) groups is 2. The molecule has 1 aromatic rings. The van der Waals surface area contributed by atoms with Crippen molar-refractivity contribution in [2.45, 2.75) is 32.2 Å². The fourth-order valence-electron chi connectivity index (χ4n) is 2.40. The Balaban J connectivity index is 2.31. The Morgan fingerprint density at radius 1 is 1.44 bits per heavy atom. The number of nitrogens with zero attached hydrogens (tertiary/aromatic N) is 1. The Kier molecular flexibility index (Phi) is 3.69. The Labute approximate surface area is 106 Å². The minimum atomic E-state index is -0.370. The Morgan fingerprint density at radius 3 is 2.89 bits per heavy atom. The second-order valence-electron chi connectivity index (χ2n) is 4.23. The zero-order valence-corrected chi connectivity index (χ0v) is 10.6. The molecule has 0 aromatic carbocycles. The molecule has 1 aliphatic rings. The van der Waals surface area contributed by atoms with E-state index >= 15 is 0 Å². The molecule has 0 radical (unpaired) electrons. The standard InChI is InChI=1S/C13H17NO4/c1-3-18-12(15)9-5-4-8-14-10(9)6-7-11(14)13(16)17-2/h6-7,9H,3-5,8H2,1-2H3. The van der Waals surface area contributed by atoms with Crippen molar-refractivity contribution in [2.24, 2.45) is 0 Å². The van der Waals surface area contributed by atoms with Gasteiger partial charge in [-0.05, 0) is 31.9 Å². The number of methoxy groups -OCH3 is 1. The van der Waals surface area contributed by atoms with E-state index in [1.54, 1.807) is 13.0 Å². The molecule has 0 fully saturated rings. The lowest BCUT2D eigenvalue weighted by molar-refractivity contribution is -0.145. The second-order valence-corrected chi connectivity index (χ2v) is 4.23. The van der Waals surface area contributed by atoms with Gasteiger partial charge in [0.05, 0.1) is 19.6 Å². The average Bonchev–Trinajstić information content (AvgIpc) is 2.81. The maximum absolute atomic E-state index is 11.9. The van der Waals surface area contributed by atoms with Crippen LogP contribution in [-0.2, 0) is 20.8 Å². The number of carbonyl (C=O) groups excluding carboxylic acids is 2. The fraction of sp³-hybridized carbons (Fsp3) is 0.538. The van der Waals surface area contributed by atoms with E-state index in [1.165, 1.54) is 7.11 Å². The molecule has 0 saturated heterocycles. The number of hydrogen-bond acceptors (Lipinski definition) is 4. The van der Waals surface area contributed by atoms with E-state index < -0.39 is 0 Å². The van der Waals surface area contributed by atoms with E-state index in [2.05, 4.69) is 0 Å². The molecule has 18 heavy (non-hydrogen) atoms. The number of esters is 2. The van der Waals surface area contributed by atoms with Crippen molar-refractivity contribution in [1.82, 2.24) is 4.57 Å². The van der Waals surface area contributed by atoms with Crippen LogP contribution in [0.1, 0.15) is 41.9 Å². The summed E-state index contributed by atoms with van der Waals surface area (Å²) in [5, 5.41) is 0. The van der Waals surface area contributed by atoms with Gasteiger partial charge in [-0.3, -0.25) is 4.79 Å². The third kappa shape index (κ3) is 2.12. The molecular formula is C13H17NO4. The van der Waals surface area contributed by atoms with E-state index in [0.29, 0.717) is 12.3 Å². The van der Waals surface area contributed by atoms with Gasteiger partial charge in [-0.25, -0.2) is 4.79 Å². The predicted molar refractivity (Wildman–Crippen MR) is 64.4 cm³/mol. The Hall–Kier alpha value is -1.78. The van der Waals surface area contributed by atoms with E-state index in [9.17, 15) is 9.59 Å². The molecule has 5 nitrogen and oxygen atoms in total. The zero-order valence-electron chi connectivity index (χ0n) is 10.6. The summed E-state index contributed by atoms with van der Waals surface area (Å²) in [4.78, 5) is 23.4. The molecule has 0 saturated carbocycles. The summed E-state index contributed by atoms with van der Waals surface area (Å²) in [5.41, 5.74) is 1.35. The lowest BCUT2D eigenvalue weighted by Gasteiger charge is -2.24. The van der Waals surface area contributed by atoms with Crippen LogP contribution in [0.4, 0.5) is 0 Å². The smallest absolute Gasteiger partial charge is 0.354 e. The van der Waals surface area contributed by atoms with E-state index in [-0.39, 0.29) is 17.9 Å². The van der Waals surface area contributed by atoms with Crippen molar-refractivity contribution < 1.29 is 19.1 Å². The molecule has 0 bridgehead atoms. The lowest BCUT2D eigenvalue weighted by Crippen LogP contribution is -2.25. The van der Waals surface area contributed by atoms with Crippen LogP contribution in [-0.4, -0.2) is 30.2 Å². The highest BCUT2D eigenvalue weighted by Gasteiger charge is 2.30. The molecule has 2 rings (SSSR count). The first-order valence-electron chi connectivity index (χ1n) is 6.13. The highest BCUT2D eigenvalue weighted by Crippen LogP contribution is 2.30. The second kappa shape index (κ2) is 5.25. The van der Waals surface area contributed by atoms with Crippen LogP contribution in [0, 0.1) is 0 Å². The van der Waals surface area contributed by atoms with Gasteiger partial charge in [-0.2, -0.15) is 0 Å². The average molecular weight is 251 g/mol. The third-order valence-electron chi connectivity index (χ3n) is 3.21. The summed E-state index contributed by atoms with van der Waals surface area (Å²) >= 11 is 0. The molecule has 0 spiro atoms. The highest BCUT2D eigenvalue weighted by molar-refractivity contribution is 5.88. The summed E-state index contributed by atoms with van der Waals surface area (Å²) < 4.78 is 11.7. The summed E-state index contributed by atoms with van der Waals surface area (Å²) in [6.45, 7) is 2.90. The molecule has 0 amide bonds. The lowest BCUT2D eigenvalue weighted by atomic mass is 9.96. The van der Waals surface area contributed by atoms with Gasteiger partial charge in [0, 0.05) is 12.2 Å². The summed E-state index contributed by atoms with van der Waals surface area (Å²) in [6, 6.07) is 3.52. The summed E-state index contributed by atoms with van der Waals surface area (Å²) in [7, 11) is 1.36. The first kappa shape index (κ1) is 12.7. The number of fused-ring (bicyclic) bond motifs is 1. The number of aromatic nitrogens is 1. The predicted octanol–water partition coefficient (Wildman–Crippen LogP) is 1.72. The van der Waals surface area contributed by atoms with Gasteiger partial charge in [0.2, 0.25) is 0 Å². The van der Waals surface area contributed by atoms with Gasteiger partial charge in [0.15, 0.2) is 0 Å². The maximum atomic E-state index is 11.9. The quantitative estimate of drug-likeness (QED) is 0.767. The first-order chi connectivity index (χ1) is 8.69. The molecule has 1 unspecified atom stereocenters. The number of hydrogen-bond donors (Lipinski definition) is 0. The van der Waals surface area contributed by atoms with Gasteiger partial charge in [-0.15, -0.1) is 0 Å². The number of ether oxygens (including phenoxy) is 2. The molecule has 0 N–H and O–H groups in total. The Morgan fingerprint density at radius 2 is 2.22 bits per heavy atom. The summed E-state index contributed by atoms with van der Waals surface area (Å²) in [5.74, 6) is -0.851. The van der Waals surface area contributed by atoms with Crippen molar-refractivity contribution >= 4 is 11.9 Å². The normalized spacial score (nSPS) is 18.0. The van der Waals surface area contributed by atoms with Crippen LogP contribution in [0.25, 0.3) is 0 Å². The SMILES string of the molecule is CCOC(=O)C1CCCn2c(C(=O)OC)ccc21. The van der Waals surface area contributed by atoms with Crippen LogP contribution in [0.3, 0.4) is 0 Å². The molecule has 0 aliphatic carbocycles. The van der Waals surface area contributed by atoms with E-state index in [0.717, 1.165) is 25.1 Å². The molecule has 98 valence electrons. The molecule has 1 atom stereocenters. The first-order valence-corrected chi connectivity index (χ1v) is 6.13. The number of rotatable bonds is 3. The van der Waals surface area contributed by atoms with Crippen molar-refractivity contribution in [1.29, 1.82) is 0 Å². The zero-order chi connectivity index (χ0) is 13.1. The van der Waals surface area contributed by atoms with Crippen molar-refractivity contribution in [3.63, 3.8) is 0 Å². The Bertz CT molecular complexity index is 464. The monoisotopic (exact) mass is 251 g/mol. The van der Waals surface area contributed by atoms with Crippen LogP contribution >= 0.6 is 0 Å².